The number of ether oxygens (including phenoxy) is 2. The van der Waals surface area contributed by atoms with Gasteiger partial charge in [0.05, 0.1) is 13.2 Å². The normalized spacial score (nSPS) is 19.4. The molecule has 60 valence electrons. The van der Waals surface area contributed by atoms with Crippen molar-refractivity contribution in [3.8, 4) is 0 Å². The molecular formula is C8H10O3. The van der Waals surface area contributed by atoms with Gasteiger partial charge in [0, 0.05) is 0 Å². The van der Waals surface area contributed by atoms with Gasteiger partial charge in [-0.2, -0.15) is 0 Å². The fourth-order valence-electron chi connectivity index (χ4n) is 1.10. The Hall–Kier alpha value is -0.800. The molecule has 1 aliphatic heterocycles. The van der Waals surface area contributed by atoms with Crippen molar-refractivity contribution in [2.45, 2.75) is 13.2 Å². The molecule has 1 aromatic rings. The molecule has 2 heterocycles. The molecule has 0 spiro atoms. The van der Waals surface area contributed by atoms with Crippen molar-refractivity contribution in [3.63, 3.8) is 0 Å². The van der Waals surface area contributed by atoms with Crippen molar-refractivity contribution >= 4 is 0 Å². The van der Waals surface area contributed by atoms with E-state index in [0.717, 1.165) is 11.5 Å². The van der Waals surface area contributed by atoms with E-state index in [1.165, 1.54) is 0 Å². The molecule has 1 aromatic heterocycles. The number of hydrogen-bond donors (Lipinski definition) is 0. The molecule has 11 heavy (non-hydrogen) atoms. The van der Waals surface area contributed by atoms with E-state index in [9.17, 15) is 0 Å². The summed E-state index contributed by atoms with van der Waals surface area (Å²) in [7, 11) is 0. The minimum atomic E-state index is -0.274. The predicted octanol–water partition coefficient (Wildman–Crippen LogP) is 1.63. The van der Waals surface area contributed by atoms with E-state index >= 15 is 0 Å². The molecule has 0 aromatic carbocycles. The zero-order valence-corrected chi connectivity index (χ0v) is 6.37. The third-order valence-corrected chi connectivity index (χ3v) is 1.62. The van der Waals surface area contributed by atoms with Crippen molar-refractivity contribution in [2.75, 3.05) is 13.2 Å². The summed E-state index contributed by atoms with van der Waals surface area (Å²) in [5.41, 5.74) is 0. The summed E-state index contributed by atoms with van der Waals surface area (Å²) in [6.07, 6.45) is -0.274. The van der Waals surface area contributed by atoms with Crippen LogP contribution in [0.4, 0.5) is 0 Å². The van der Waals surface area contributed by atoms with E-state index in [0.29, 0.717) is 13.2 Å². The zero-order chi connectivity index (χ0) is 7.68. The summed E-state index contributed by atoms with van der Waals surface area (Å²) in [6, 6.07) is 3.78. The van der Waals surface area contributed by atoms with Gasteiger partial charge in [0.15, 0.2) is 5.76 Å². The molecule has 3 nitrogen and oxygen atoms in total. The molecule has 1 aliphatic rings. The highest BCUT2D eigenvalue weighted by atomic mass is 16.7. The first-order valence-electron chi connectivity index (χ1n) is 3.66. The first-order valence-corrected chi connectivity index (χ1v) is 3.66. The molecule has 0 N–H and O–H groups in total. The average molecular weight is 154 g/mol. The molecule has 0 atom stereocenters. The number of hydrogen-bond acceptors (Lipinski definition) is 3. The minimum absolute atomic E-state index is 0.274. The summed E-state index contributed by atoms with van der Waals surface area (Å²) in [5.74, 6) is 1.65. The van der Waals surface area contributed by atoms with Crippen molar-refractivity contribution in [3.05, 3.63) is 23.7 Å². The molecule has 0 saturated carbocycles. The van der Waals surface area contributed by atoms with Gasteiger partial charge in [-0.3, -0.25) is 0 Å². The third kappa shape index (κ3) is 1.29. The van der Waals surface area contributed by atoms with Crippen LogP contribution in [0.1, 0.15) is 17.8 Å². The summed E-state index contributed by atoms with van der Waals surface area (Å²) in [5, 5.41) is 0. The Kier molecular flexibility index (Phi) is 1.68. The molecule has 0 amide bonds. The maximum absolute atomic E-state index is 5.32. The molecule has 3 heteroatoms. The molecule has 0 aliphatic carbocycles. The van der Waals surface area contributed by atoms with Gasteiger partial charge in [-0.15, -0.1) is 0 Å². The van der Waals surface area contributed by atoms with Crippen LogP contribution in [-0.4, -0.2) is 13.2 Å². The lowest BCUT2D eigenvalue weighted by molar-refractivity contribution is -0.0592. The lowest BCUT2D eigenvalue weighted by Crippen LogP contribution is -1.94. The summed E-state index contributed by atoms with van der Waals surface area (Å²) in [4.78, 5) is 0. The number of furan rings is 1. The molecular weight excluding hydrogens is 144 g/mol. The Balaban J connectivity index is 2.15. The van der Waals surface area contributed by atoms with Crippen LogP contribution in [0.15, 0.2) is 16.5 Å². The van der Waals surface area contributed by atoms with E-state index < -0.39 is 0 Å². The van der Waals surface area contributed by atoms with Crippen LogP contribution < -0.4 is 0 Å². The Morgan fingerprint density at radius 3 is 2.55 bits per heavy atom. The van der Waals surface area contributed by atoms with Gasteiger partial charge in [-0.25, -0.2) is 0 Å². The Bertz CT molecular complexity index is 235. The second-order valence-electron chi connectivity index (χ2n) is 2.52. The largest absolute Gasteiger partial charge is 0.461 e. The minimum Gasteiger partial charge on any atom is -0.461 e. The lowest BCUT2D eigenvalue weighted by Gasteiger charge is -2.03. The maximum atomic E-state index is 5.32. The maximum Gasteiger partial charge on any atom is 0.217 e. The Labute approximate surface area is 64.9 Å². The summed E-state index contributed by atoms with van der Waals surface area (Å²) < 4.78 is 15.8. The van der Waals surface area contributed by atoms with Crippen LogP contribution in [0.3, 0.4) is 0 Å². The topological polar surface area (TPSA) is 31.6 Å². The second-order valence-corrected chi connectivity index (χ2v) is 2.52. The monoisotopic (exact) mass is 154 g/mol. The first-order chi connectivity index (χ1) is 5.36. The van der Waals surface area contributed by atoms with Gasteiger partial charge in [-0.1, -0.05) is 0 Å². The molecule has 1 fully saturated rings. The number of aryl methyl sites for hydroxylation is 1. The highest BCUT2D eigenvalue weighted by molar-refractivity contribution is 5.06. The SMILES string of the molecule is Cc1ccc(C2OCCO2)o1. The zero-order valence-electron chi connectivity index (χ0n) is 6.37. The van der Waals surface area contributed by atoms with Gasteiger partial charge < -0.3 is 13.9 Å². The summed E-state index contributed by atoms with van der Waals surface area (Å²) in [6.45, 7) is 3.22. The van der Waals surface area contributed by atoms with Crippen LogP contribution >= 0.6 is 0 Å². The van der Waals surface area contributed by atoms with E-state index in [2.05, 4.69) is 0 Å². The van der Waals surface area contributed by atoms with Crippen LogP contribution in [0.5, 0.6) is 0 Å². The van der Waals surface area contributed by atoms with E-state index in [4.69, 9.17) is 13.9 Å². The Morgan fingerprint density at radius 2 is 2.00 bits per heavy atom. The van der Waals surface area contributed by atoms with Gasteiger partial charge in [0.2, 0.25) is 6.29 Å². The van der Waals surface area contributed by atoms with Gasteiger partial charge in [-0.05, 0) is 19.1 Å². The van der Waals surface area contributed by atoms with E-state index in [-0.39, 0.29) is 6.29 Å². The van der Waals surface area contributed by atoms with E-state index in [1.807, 2.05) is 19.1 Å². The van der Waals surface area contributed by atoms with Crippen LogP contribution in [0.25, 0.3) is 0 Å². The van der Waals surface area contributed by atoms with Gasteiger partial charge in [0.25, 0.3) is 0 Å². The molecule has 0 radical (unpaired) electrons. The first kappa shape index (κ1) is 6.88. The smallest absolute Gasteiger partial charge is 0.217 e. The average Bonchev–Trinajstić information content (AvgIpc) is 2.55. The Morgan fingerprint density at radius 1 is 1.27 bits per heavy atom. The second kappa shape index (κ2) is 2.68. The van der Waals surface area contributed by atoms with Gasteiger partial charge >= 0.3 is 0 Å². The van der Waals surface area contributed by atoms with Crippen LogP contribution in [-0.2, 0) is 9.47 Å². The van der Waals surface area contributed by atoms with Crippen molar-refractivity contribution in [1.29, 1.82) is 0 Å². The van der Waals surface area contributed by atoms with E-state index in [1.54, 1.807) is 0 Å². The quantitative estimate of drug-likeness (QED) is 0.616. The third-order valence-electron chi connectivity index (χ3n) is 1.62. The predicted molar refractivity (Wildman–Crippen MR) is 38.1 cm³/mol. The van der Waals surface area contributed by atoms with Gasteiger partial charge in [0.1, 0.15) is 5.76 Å². The molecule has 1 saturated heterocycles. The van der Waals surface area contributed by atoms with Crippen molar-refractivity contribution < 1.29 is 13.9 Å². The fourth-order valence-corrected chi connectivity index (χ4v) is 1.10. The molecule has 0 unspecified atom stereocenters. The standard InChI is InChI=1S/C8H10O3/c1-6-2-3-7(11-6)8-9-4-5-10-8/h2-3,8H,4-5H2,1H3. The molecule has 0 bridgehead atoms. The van der Waals surface area contributed by atoms with Crippen molar-refractivity contribution in [1.82, 2.24) is 0 Å². The fraction of sp³-hybridized carbons (Fsp3) is 0.500. The van der Waals surface area contributed by atoms with Crippen LogP contribution in [0.2, 0.25) is 0 Å². The molecule has 2 rings (SSSR count). The van der Waals surface area contributed by atoms with Crippen LogP contribution in [0, 0.1) is 6.92 Å². The number of rotatable bonds is 1. The highest BCUT2D eigenvalue weighted by Gasteiger charge is 2.20. The lowest BCUT2D eigenvalue weighted by atomic mass is 10.4. The summed E-state index contributed by atoms with van der Waals surface area (Å²) >= 11 is 0. The van der Waals surface area contributed by atoms with Crippen molar-refractivity contribution in [2.24, 2.45) is 0 Å². The highest BCUT2D eigenvalue weighted by Crippen LogP contribution is 2.24.